The molecule has 116 valence electrons. The van der Waals surface area contributed by atoms with Crippen molar-refractivity contribution in [2.45, 2.75) is 32.2 Å². The molecule has 0 fully saturated rings. The minimum Gasteiger partial charge on any atom is -0.496 e. The van der Waals surface area contributed by atoms with Gasteiger partial charge < -0.3 is 24.1 Å². The van der Waals surface area contributed by atoms with Gasteiger partial charge in [0.15, 0.2) is 6.10 Å². The number of nitriles is 1. The Hall–Kier alpha value is -1.97. The Morgan fingerprint density at radius 2 is 1.57 bits per heavy atom. The predicted molar refractivity (Wildman–Crippen MR) is 76.7 cm³/mol. The maximum Gasteiger partial charge on any atom is 0.176 e. The highest BCUT2D eigenvalue weighted by molar-refractivity contribution is 5.53. The van der Waals surface area contributed by atoms with Crippen molar-refractivity contribution in [3.8, 4) is 23.3 Å². The lowest BCUT2D eigenvalue weighted by molar-refractivity contribution is -0.0437. The molecule has 6 nitrogen and oxygen atoms in total. The average Bonchev–Trinajstić information content (AvgIpc) is 2.50. The number of aliphatic hydroxyl groups excluding tert-OH is 1. The van der Waals surface area contributed by atoms with Crippen LogP contribution in [-0.4, -0.2) is 38.6 Å². The Kier molecular flexibility index (Phi) is 6.28. The van der Waals surface area contributed by atoms with Gasteiger partial charge >= 0.3 is 0 Å². The van der Waals surface area contributed by atoms with E-state index in [-0.39, 0.29) is 0 Å². The molecule has 1 rings (SSSR count). The number of hydrogen-bond donors (Lipinski definition) is 1. The summed E-state index contributed by atoms with van der Waals surface area (Å²) in [7, 11) is 4.51. The third-order valence-electron chi connectivity index (χ3n) is 3.16. The molecule has 0 saturated heterocycles. The highest BCUT2D eigenvalue weighted by Gasteiger charge is 2.26. The summed E-state index contributed by atoms with van der Waals surface area (Å²) in [6.45, 7) is 3.29. The van der Waals surface area contributed by atoms with Gasteiger partial charge in [0, 0.05) is 12.1 Å². The number of rotatable bonds is 7. The lowest BCUT2D eigenvalue weighted by atomic mass is 10.1. The fourth-order valence-corrected chi connectivity index (χ4v) is 1.78. The second-order valence-corrected chi connectivity index (χ2v) is 4.54. The molecular weight excluding hydrogens is 274 g/mol. The van der Waals surface area contributed by atoms with Crippen molar-refractivity contribution < 1.29 is 24.1 Å². The highest BCUT2D eigenvalue weighted by atomic mass is 16.5. The van der Waals surface area contributed by atoms with Gasteiger partial charge in [-0.1, -0.05) is 0 Å². The number of ether oxygens (including phenoxy) is 4. The molecule has 3 unspecified atom stereocenters. The van der Waals surface area contributed by atoms with Gasteiger partial charge in [-0.15, -0.1) is 0 Å². The van der Waals surface area contributed by atoms with Crippen molar-refractivity contribution in [1.29, 1.82) is 5.26 Å². The molecule has 0 aliphatic rings. The molecule has 0 aliphatic heterocycles. The van der Waals surface area contributed by atoms with Gasteiger partial charge in [-0.05, 0) is 13.8 Å². The lowest BCUT2D eigenvalue weighted by Gasteiger charge is -2.23. The third-order valence-corrected chi connectivity index (χ3v) is 3.16. The van der Waals surface area contributed by atoms with E-state index < -0.39 is 18.3 Å². The molecule has 0 radical (unpaired) electrons. The topological polar surface area (TPSA) is 80.9 Å². The summed E-state index contributed by atoms with van der Waals surface area (Å²) in [6.07, 6.45) is -2.13. The maximum absolute atomic E-state index is 9.53. The van der Waals surface area contributed by atoms with Crippen LogP contribution in [0.5, 0.6) is 17.2 Å². The van der Waals surface area contributed by atoms with Crippen LogP contribution in [0.2, 0.25) is 0 Å². The summed E-state index contributed by atoms with van der Waals surface area (Å²) in [5.74, 6) is 1.40. The fraction of sp³-hybridized carbons (Fsp3) is 0.533. The summed E-state index contributed by atoms with van der Waals surface area (Å²) in [6, 6.07) is 5.36. The molecule has 0 spiro atoms. The van der Waals surface area contributed by atoms with Gasteiger partial charge in [0.25, 0.3) is 0 Å². The predicted octanol–water partition coefficient (Wildman–Crippen LogP) is 2.06. The smallest absolute Gasteiger partial charge is 0.176 e. The zero-order chi connectivity index (χ0) is 16.0. The highest BCUT2D eigenvalue weighted by Crippen LogP contribution is 2.40. The Bertz CT molecular complexity index is 484. The molecule has 0 heterocycles. The van der Waals surface area contributed by atoms with E-state index in [1.165, 1.54) is 21.3 Å². The maximum atomic E-state index is 9.53. The first-order valence-electron chi connectivity index (χ1n) is 6.51. The first-order chi connectivity index (χ1) is 9.98. The van der Waals surface area contributed by atoms with Gasteiger partial charge in [-0.2, -0.15) is 5.26 Å². The summed E-state index contributed by atoms with van der Waals surface area (Å²) < 4.78 is 21.4. The third kappa shape index (κ3) is 4.00. The molecule has 0 bridgehead atoms. The van der Waals surface area contributed by atoms with Crippen LogP contribution in [0.25, 0.3) is 0 Å². The van der Waals surface area contributed by atoms with Crippen molar-refractivity contribution in [3.63, 3.8) is 0 Å². The minimum absolute atomic E-state index is 0.426. The van der Waals surface area contributed by atoms with Crippen LogP contribution in [0.15, 0.2) is 12.1 Å². The largest absolute Gasteiger partial charge is 0.496 e. The number of aliphatic hydroxyl groups is 1. The van der Waals surface area contributed by atoms with Crippen LogP contribution in [0.3, 0.4) is 0 Å². The van der Waals surface area contributed by atoms with Crippen LogP contribution < -0.4 is 14.2 Å². The SMILES string of the molecule is COc1cc(OC)c(C(C#N)OC(C)C(C)O)c(OC)c1. The summed E-state index contributed by atoms with van der Waals surface area (Å²) in [5.41, 5.74) is 0.468. The molecule has 6 heteroatoms. The standard InChI is InChI=1S/C15H21NO5/c1-9(17)10(2)21-14(8-16)15-12(19-4)6-11(18-3)7-13(15)20-5/h6-7,9-10,14,17H,1-5H3. The second kappa shape index (κ2) is 7.72. The van der Waals surface area contributed by atoms with Crippen molar-refractivity contribution in [2.75, 3.05) is 21.3 Å². The summed E-state index contributed by atoms with van der Waals surface area (Å²) >= 11 is 0. The molecule has 0 aromatic heterocycles. The Balaban J connectivity index is 3.27. The second-order valence-electron chi connectivity index (χ2n) is 4.54. The van der Waals surface area contributed by atoms with Gasteiger partial charge in [-0.25, -0.2) is 0 Å². The van der Waals surface area contributed by atoms with Gasteiger partial charge in [0.05, 0.1) is 45.2 Å². The molecule has 1 aromatic carbocycles. The normalized spacial score (nSPS) is 14.7. The van der Waals surface area contributed by atoms with E-state index >= 15 is 0 Å². The van der Waals surface area contributed by atoms with Crippen molar-refractivity contribution in [1.82, 2.24) is 0 Å². The zero-order valence-electron chi connectivity index (χ0n) is 12.9. The molecule has 1 N–H and O–H groups in total. The molecule has 21 heavy (non-hydrogen) atoms. The van der Waals surface area contributed by atoms with E-state index in [2.05, 4.69) is 6.07 Å². The van der Waals surface area contributed by atoms with E-state index in [0.717, 1.165) is 0 Å². The van der Waals surface area contributed by atoms with E-state index in [0.29, 0.717) is 22.8 Å². The molecule has 3 atom stereocenters. The lowest BCUT2D eigenvalue weighted by Crippen LogP contribution is -2.25. The molecule has 1 aromatic rings. The van der Waals surface area contributed by atoms with Crippen LogP contribution in [0.4, 0.5) is 0 Å². The van der Waals surface area contributed by atoms with E-state index in [1.807, 2.05) is 0 Å². The molecule has 0 saturated carbocycles. The molecular formula is C15H21NO5. The number of methoxy groups -OCH3 is 3. The molecule has 0 amide bonds. The van der Waals surface area contributed by atoms with Crippen LogP contribution in [0.1, 0.15) is 25.5 Å². The van der Waals surface area contributed by atoms with Crippen LogP contribution >= 0.6 is 0 Å². The van der Waals surface area contributed by atoms with Gasteiger partial charge in [-0.3, -0.25) is 0 Å². The zero-order valence-corrected chi connectivity index (χ0v) is 12.9. The number of hydrogen-bond acceptors (Lipinski definition) is 6. The van der Waals surface area contributed by atoms with Crippen molar-refractivity contribution in [2.24, 2.45) is 0 Å². The first kappa shape index (κ1) is 17.1. The number of nitrogens with zero attached hydrogens (tertiary/aromatic N) is 1. The Morgan fingerprint density at radius 3 is 1.90 bits per heavy atom. The van der Waals surface area contributed by atoms with Crippen LogP contribution in [-0.2, 0) is 4.74 Å². The van der Waals surface area contributed by atoms with Gasteiger partial charge in [0.2, 0.25) is 0 Å². The quantitative estimate of drug-likeness (QED) is 0.829. The van der Waals surface area contributed by atoms with E-state index in [1.54, 1.807) is 26.0 Å². The first-order valence-corrected chi connectivity index (χ1v) is 6.51. The Morgan fingerprint density at radius 1 is 1.05 bits per heavy atom. The minimum atomic E-state index is -0.926. The average molecular weight is 295 g/mol. The number of benzene rings is 1. The van der Waals surface area contributed by atoms with Crippen molar-refractivity contribution >= 4 is 0 Å². The Labute approximate surface area is 124 Å². The van der Waals surface area contributed by atoms with Crippen molar-refractivity contribution in [3.05, 3.63) is 17.7 Å². The van der Waals surface area contributed by atoms with Crippen LogP contribution in [0, 0.1) is 11.3 Å². The van der Waals surface area contributed by atoms with Gasteiger partial charge in [0.1, 0.15) is 17.2 Å². The summed E-state index contributed by atoms with van der Waals surface area (Å²) in [4.78, 5) is 0. The summed E-state index contributed by atoms with van der Waals surface area (Å²) in [5, 5.41) is 18.9. The molecule has 0 aliphatic carbocycles. The fourth-order valence-electron chi connectivity index (χ4n) is 1.78. The monoisotopic (exact) mass is 295 g/mol. The van der Waals surface area contributed by atoms with E-state index in [4.69, 9.17) is 18.9 Å². The van der Waals surface area contributed by atoms with E-state index in [9.17, 15) is 10.4 Å².